The number of nitrogens with zero attached hydrogens (tertiary/aromatic N) is 3. The van der Waals surface area contributed by atoms with Crippen molar-refractivity contribution in [2.45, 2.75) is 53.5 Å². The molecule has 2 aromatic heterocycles. The number of hydrogen-bond acceptors (Lipinski definition) is 4. The first-order valence-corrected chi connectivity index (χ1v) is 9.83. The summed E-state index contributed by atoms with van der Waals surface area (Å²) in [6.07, 6.45) is 3.43. The Hall–Kier alpha value is -2.89. The number of carbonyl (C=O) groups excluding carboxylic acids is 1. The number of aryl methyl sites for hydroxylation is 3. The first-order chi connectivity index (χ1) is 13.5. The first-order valence-electron chi connectivity index (χ1n) is 9.83. The van der Waals surface area contributed by atoms with E-state index in [1.165, 1.54) is 12.8 Å². The third kappa shape index (κ3) is 4.50. The fourth-order valence-corrected chi connectivity index (χ4v) is 3.28. The van der Waals surface area contributed by atoms with Gasteiger partial charge in [-0.05, 0) is 51.0 Å². The molecule has 28 heavy (non-hydrogen) atoms. The minimum atomic E-state index is -0.219. The van der Waals surface area contributed by atoms with Crippen LogP contribution in [0.15, 0.2) is 30.3 Å². The third-order valence-electron chi connectivity index (χ3n) is 4.68. The van der Waals surface area contributed by atoms with Crippen LogP contribution in [0.4, 0.5) is 0 Å². The highest BCUT2D eigenvalue weighted by Crippen LogP contribution is 2.16. The number of unbranched alkanes of at least 4 members (excludes halogenated alkanes) is 2. The second kappa shape index (κ2) is 8.87. The van der Waals surface area contributed by atoms with Gasteiger partial charge >= 0.3 is 0 Å². The smallest absolute Gasteiger partial charge is 0.274 e. The summed E-state index contributed by atoms with van der Waals surface area (Å²) >= 11 is 0. The zero-order valence-corrected chi connectivity index (χ0v) is 17.1. The number of carbonyl (C=O) groups is 1. The lowest BCUT2D eigenvalue weighted by atomic mass is 10.2. The molecule has 0 aliphatic heterocycles. The van der Waals surface area contributed by atoms with E-state index in [0.29, 0.717) is 17.9 Å². The average Bonchev–Trinajstić information content (AvgIpc) is 3.01. The van der Waals surface area contributed by atoms with Gasteiger partial charge in [-0.25, -0.2) is 9.97 Å². The second-order valence-corrected chi connectivity index (χ2v) is 7.09. The van der Waals surface area contributed by atoms with E-state index in [9.17, 15) is 4.79 Å². The number of amides is 1. The summed E-state index contributed by atoms with van der Waals surface area (Å²) in [4.78, 5) is 21.6. The first kappa shape index (κ1) is 19.9. The van der Waals surface area contributed by atoms with Crippen LogP contribution < -0.4 is 10.1 Å². The van der Waals surface area contributed by atoms with Crippen molar-refractivity contribution in [3.63, 3.8) is 0 Å². The van der Waals surface area contributed by atoms with Crippen LogP contribution in [0.25, 0.3) is 5.65 Å². The maximum atomic E-state index is 12.7. The Kier molecular flexibility index (Phi) is 6.29. The average molecular weight is 380 g/mol. The zero-order valence-electron chi connectivity index (χ0n) is 17.1. The van der Waals surface area contributed by atoms with E-state index in [2.05, 4.69) is 22.2 Å². The summed E-state index contributed by atoms with van der Waals surface area (Å²) in [5.74, 6) is 1.40. The van der Waals surface area contributed by atoms with E-state index < -0.39 is 0 Å². The Morgan fingerprint density at radius 1 is 1.11 bits per heavy atom. The molecule has 148 valence electrons. The molecule has 6 heteroatoms. The van der Waals surface area contributed by atoms with Gasteiger partial charge in [0.25, 0.3) is 5.91 Å². The van der Waals surface area contributed by atoms with Crippen molar-refractivity contribution in [3.05, 3.63) is 58.8 Å². The lowest BCUT2D eigenvalue weighted by molar-refractivity contribution is 0.0948. The number of aromatic nitrogens is 3. The minimum Gasteiger partial charge on any atom is -0.494 e. The van der Waals surface area contributed by atoms with Crippen molar-refractivity contribution < 1.29 is 9.53 Å². The van der Waals surface area contributed by atoms with E-state index in [-0.39, 0.29) is 5.91 Å². The molecule has 0 radical (unpaired) electrons. The Morgan fingerprint density at radius 2 is 1.86 bits per heavy atom. The van der Waals surface area contributed by atoms with E-state index in [0.717, 1.165) is 41.6 Å². The van der Waals surface area contributed by atoms with Gasteiger partial charge < -0.3 is 10.1 Å². The number of rotatable bonds is 8. The van der Waals surface area contributed by atoms with Crippen molar-refractivity contribution in [2.75, 3.05) is 6.61 Å². The van der Waals surface area contributed by atoms with Crippen LogP contribution >= 0.6 is 0 Å². The van der Waals surface area contributed by atoms with Crippen molar-refractivity contribution in [3.8, 4) is 5.75 Å². The van der Waals surface area contributed by atoms with Gasteiger partial charge in [0.1, 0.15) is 11.6 Å². The molecule has 0 atom stereocenters. The molecule has 3 aromatic rings. The second-order valence-electron chi connectivity index (χ2n) is 7.09. The standard InChI is InChI=1S/C22H28N4O2/c1-5-6-7-12-28-19-10-8-18(9-11-19)14-23-22(27)20-21-24-15(2)13-16(3)26(21)17(4)25-20/h8-11,13H,5-7,12,14H2,1-4H3,(H,23,27). The van der Waals surface area contributed by atoms with Crippen LogP contribution in [0.5, 0.6) is 5.75 Å². The molecule has 2 heterocycles. The molecular formula is C22H28N4O2. The predicted octanol–water partition coefficient (Wildman–Crippen LogP) is 4.15. The molecule has 0 saturated carbocycles. The molecule has 0 bridgehead atoms. The number of imidazole rings is 1. The topological polar surface area (TPSA) is 68.5 Å². The summed E-state index contributed by atoms with van der Waals surface area (Å²) in [7, 11) is 0. The van der Waals surface area contributed by atoms with Crippen LogP contribution in [0, 0.1) is 20.8 Å². The molecule has 0 unspecified atom stereocenters. The molecule has 0 aliphatic carbocycles. The number of nitrogens with one attached hydrogen (secondary N) is 1. The highest BCUT2D eigenvalue weighted by molar-refractivity contribution is 5.98. The van der Waals surface area contributed by atoms with E-state index in [1.807, 2.05) is 55.5 Å². The fourth-order valence-electron chi connectivity index (χ4n) is 3.28. The molecule has 1 N–H and O–H groups in total. The highest BCUT2D eigenvalue weighted by atomic mass is 16.5. The Morgan fingerprint density at radius 3 is 2.57 bits per heavy atom. The van der Waals surface area contributed by atoms with Crippen LogP contribution in [-0.4, -0.2) is 26.9 Å². The summed E-state index contributed by atoms with van der Waals surface area (Å²) < 4.78 is 7.63. The van der Waals surface area contributed by atoms with Crippen LogP contribution in [0.1, 0.15) is 59.5 Å². The molecule has 0 saturated heterocycles. The van der Waals surface area contributed by atoms with Crippen LogP contribution in [0.2, 0.25) is 0 Å². The Bertz CT molecular complexity index is 961. The van der Waals surface area contributed by atoms with Gasteiger partial charge in [-0.1, -0.05) is 31.9 Å². The summed E-state index contributed by atoms with van der Waals surface area (Å²) in [6.45, 7) is 9.13. The maximum Gasteiger partial charge on any atom is 0.274 e. The van der Waals surface area contributed by atoms with E-state index >= 15 is 0 Å². The van der Waals surface area contributed by atoms with Gasteiger partial charge in [-0.15, -0.1) is 0 Å². The van der Waals surface area contributed by atoms with E-state index in [4.69, 9.17) is 4.74 Å². The van der Waals surface area contributed by atoms with Gasteiger partial charge in [-0.2, -0.15) is 0 Å². The molecule has 1 aromatic carbocycles. The van der Waals surface area contributed by atoms with Crippen LogP contribution in [0.3, 0.4) is 0 Å². The third-order valence-corrected chi connectivity index (χ3v) is 4.68. The number of hydrogen-bond donors (Lipinski definition) is 1. The van der Waals surface area contributed by atoms with E-state index in [1.54, 1.807) is 0 Å². The molecule has 0 spiro atoms. The number of fused-ring (bicyclic) bond motifs is 1. The van der Waals surface area contributed by atoms with Crippen molar-refractivity contribution in [1.82, 2.24) is 19.7 Å². The van der Waals surface area contributed by atoms with Crippen LogP contribution in [-0.2, 0) is 6.54 Å². The molecule has 0 fully saturated rings. The van der Waals surface area contributed by atoms with Crippen molar-refractivity contribution >= 4 is 11.6 Å². The minimum absolute atomic E-state index is 0.219. The Labute approximate surface area is 166 Å². The molecule has 6 nitrogen and oxygen atoms in total. The fraction of sp³-hybridized carbons (Fsp3) is 0.409. The molecular weight excluding hydrogens is 352 g/mol. The molecule has 1 amide bonds. The highest BCUT2D eigenvalue weighted by Gasteiger charge is 2.18. The van der Waals surface area contributed by atoms with Gasteiger partial charge in [0, 0.05) is 17.9 Å². The van der Waals surface area contributed by atoms with Crippen molar-refractivity contribution in [1.29, 1.82) is 0 Å². The lowest BCUT2D eigenvalue weighted by Crippen LogP contribution is -2.23. The number of ether oxygens (including phenoxy) is 1. The monoisotopic (exact) mass is 380 g/mol. The largest absolute Gasteiger partial charge is 0.494 e. The summed E-state index contributed by atoms with van der Waals surface area (Å²) in [5.41, 5.74) is 3.85. The predicted molar refractivity (Wildman–Crippen MR) is 110 cm³/mol. The summed E-state index contributed by atoms with van der Waals surface area (Å²) in [6, 6.07) is 9.81. The normalized spacial score (nSPS) is 11.0. The maximum absolute atomic E-state index is 12.7. The quantitative estimate of drug-likeness (QED) is 0.596. The number of benzene rings is 1. The van der Waals surface area contributed by atoms with Gasteiger partial charge in [0.15, 0.2) is 11.3 Å². The summed E-state index contributed by atoms with van der Waals surface area (Å²) in [5, 5.41) is 2.94. The Balaban J connectivity index is 1.64. The lowest BCUT2D eigenvalue weighted by Gasteiger charge is -2.08. The van der Waals surface area contributed by atoms with Gasteiger partial charge in [0.2, 0.25) is 0 Å². The zero-order chi connectivity index (χ0) is 20.1. The SMILES string of the molecule is CCCCCOc1ccc(CNC(=O)c2nc(C)n3c(C)cc(C)nc23)cc1. The molecule has 3 rings (SSSR count). The molecule has 0 aliphatic rings. The van der Waals surface area contributed by atoms with Gasteiger partial charge in [0.05, 0.1) is 6.61 Å². The van der Waals surface area contributed by atoms with Gasteiger partial charge in [-0.3, -0.25) is 9.20 Å². The van der Waals surface area contributed by atoms with Crippen molar-refractivity contribution in [2.24, 2.45) is 0 Å².